The largest absolute Gasteiger partial charge is 0.380 e. The first kappa shape index (κ1) is 17.4. The van der Waals surface area contributed by atoms with E-state index < -0.39 is 5.82 Å². The third-order valence-corrected chi connectivity index (χ3v) is 4.21. The normalized spacial score (nSPS) is 16.8. The first-order chi connectivity index (χ1) is 12.1. The Morgan fingerprint density at radius 1 is 1.44 bits per heavy atom. The lowest BCUT2D eigenvalue weighted by molar-refractivity contribution is 0.101. The van der Waals surface area contributed by atoms with E-state index in [9.17, 15) is 9.18 Å². The number of nitrogens with zero attached hydrogens (tertiary/aromatic N) is 2. The quantitative estimate of drug-likeness (QED) is 0.843. The number of nitrogens with one attached hydrogen (secondary N) is 2. The van der Waals surface area contributed by atoms with Gasteiger partial charge >= 0.3 is 0 Å². The molecule has 2 aromatic rings. The monoisotopic (exact) mass is 346 g/mol. The Morgan fingerprint density at radius 2 is 2.28 bits per heavy atom. The molecular weight excluding hydrogens is 323 g/mol. The SMILES string of the molecule is CCn1nc(C)cc1C(=O)Nc1ccc(NCC2CCCO2)c(F)c1. The summed E-state index contributed by atoms with van der Waals surface area (Å²) in [6.07, 6.45) is 2.18. The summed E-state index contributed by atoms with van der Waals surface area (Å²) in [7, 11) is 0. The number of hydrogen-bond acceptors (Lipinski definition) is 4. The van der Waals surface area contributed by atoms with Crippen molar-refractivity contribution < 1.29 is 13.9 Å². The molecule has 1 unspecified atom stereocenters. The van der Waals surface area contributed by atoms with E-state index in [4.69, 9.17) is 4.74 Å². The maximum absolute atomic E-state index is 14.3. The number of carbonyl (C=O) groups is 1. The van der Waals surface area contributed by atoms with Crippen molar-refractivity contribution in [3.8, 4) is 0 Å². The first-order valence-electron chi connectivity index (χ1n) is 8.57. The van der Waals surface area contributed by atoms with Gasteiger partial charge in [-0.3, -0.25) is 9.48 Å². The van der Waals surface area contributed by atoms with Gasteiger partial charge in [-0.1, -0.05) is 0 Å². The molecule has 1 saturated heterocycles. The molecule has 25 heavy (non-hydrogen) atoms. The highest BCUT2D eigenvalue weighted by Gasteiger charge is 2.17. The van der Waals surface area contributed by atoms with Crippen LogP contribution in [0, 0.1) is 12.7 Å². The number of carbonyl (C=O) groups excluding carboxylic acids is 1. The molecule has 3 rings (SSSR count). The fourth-order valence-corrected chi connectivity index (χ4v) is 2.93. The van der Waals surface area contributed by atoms with Crippen LogP contribution in [0.2, 0.25) is 0 Å². The average Bonchev–Trinajstić information content (AvgIpc) is 3.23. The molecule has 0 spiro atoms. The zero-order chi connectivity index (χ0) is 17.8. The van der Waals surface area contributed by atoms with Gasteiger partial charge in [-0.2, -0.15) is 5.10 Å². The minimum absolute atomic E-state index is 0.136. The second-order valence-corrected chi connectivity index (χ2v) is 6.15. The Labute approximate surface area is 146 Å². The molecule has 2 N–H and O–H groups in total. The van der Waals surface area contributed by atoms with Crippen LogP contribution in [0.3, 0.4) is 0 Å². The Kier molecular flexibility index (Phi) is 5.33. The van der Waals surface area contributed by atoms with Crippen LogP contribution < -0.4 is 10.6 Å². The average molecular weight is 346 g/mol. The van der Waals surface area contributed by atoms with Crippen LogP contribution in [0.25, 0.3) is 0 Å². The van der Waals surface area contributed by atoms with E-state index in [-0.39, 0.29) is 12.0 Å². The van der Waals surface area contributed by atoms with Gasteiger partial charge < -0.3 is 15.4 Å². The Balaban J connectivity index is 1.64. The zero-order valence-corrected chi connectivity index (χ0v) is 14.5. The van der Waals surface area contributed by atoms with Gasteiger partial charge in [0.2, 0.25) is 0 Å². The van der Waals surface area contributed by atoms with E-state index in [1.807, 2.05) is 13.8 Å². The van der Waals surface area contributed by atoms with Crippen molar-refractivity contribution in [1.82, 2.24) is 9.78 Å². The van der Waals surface area contributed by atoms with Gasteiger partial charge in [0.25, 0.3) is 5.91 Å². The molecule has 134 valence electrons. The molecule has 0 saturated carbocycles. The number of aromatic nitrogens is 2. The summed E-state index contributed by atoms with van der Waals surface area (Å²) in [5, 5.41) is 10.0. The lowest BCUT2D eigenvalue weighted by Gasteiger charge is -2.13. The minimum Gasteiger partial charge on any atom is -0.380 e. The lowest BCUT2D eigenvalue weighted by Crippen LogP contribution is -2.19. The van der Waals surface area contributed by atoms with Gasteiger partial charge in [-0.25, -0.2) is 4.39 Å². The molecule has 1 aromatic carbocycles. The predicted octanol–water partition coefficient (Wildman–Crippen LogP) is 3.19. The molecule has 6 nitrogen and oxygen atoms in total. The summed E-state index contributed by atoms with van der Waals surface area (Å²) in [5.74, 6) is -0.710. The van der Waals surface area contributed by atoms with Gasteiger partial charge in [0.05, 0.1) is 17.5 Å². The summed E-state index contributed by atoms with van der Waals surface area (Å²) < 4.78 is 21.4. The molecule has 2 heterocycles. The van der Waals surface area contributed by atoms with Crippen molar-refractivity contribution in [2.75, 3.05) is 23.8 Å². The third-order valence-electron chi connectivity index (χ3n) is 4.21. The molecule has 1 aliphatic heterocycles. The van der Waals surface area contributed by atoms with Crippen LogP contribution in [0.1, 0.15) is 35.9 Å². The highest BCUT2D eigenvalue weighted by atomic mass is 19.1. The molecule has 1 aromatic heterocycles. The van der Waals surface area contributed by atoms with Gasteiger partial charge in [0.1, 0.15) is 11.5 Å². The highest BCUT2D eigenvalue weighted by molar-refractivity contribution is 6.03. The molecular formula is C18H23FN4O2. The zero-order valence-electron chi connectivity index (χ0n) is 14.5. The van der Waals surface area contributed by atoms with Crippen molar-refractivity contribution in [1.29, 1.82) is 0 Å². The number of anilines is 2. The van der Waals surface area contributed by atoms with E-state index in [0.29, 0.717) is 30.2 Å². The third kappa shape index (κ3) is 4.17. The number of amides is 1. The van der Waals surface area contributed by atoms with Crippen molar-refractivity contribution in [3.05, 3.63) is 41.5 Å². The van der Waals surface area contributed by atoms with Gasteiger partial charge in [-0.05, 0) is 51.0 Å². The summed E-state index contributed by atoms with van der Waals surface area (Å²) in [5.41, 5.74) is 2.04. The van der Waals surface area contributed by atoms with E-state index in [0.717, 1.165) is 25.1 Å². The summed E-state index contributed by atoms with van der Waals surface area (Å²) >= 11 is 0. The van der Waals surface area contributed by atoms with E-state index in [1.54, 1.807) is 22.9 Å². The van der Waals surface area contributed by atoms with Crippen LogP contribution in [0.15, 0.2) is 24.3 Å². The summed E-state index contributed by atoms with van der Waals surface area (Å²) in [6.45, 7) is 5.69. The standard InChI is InChI=1S/C18H23FN4O2/c1-3-23-17(9-12(2)22-23)18(24)21-13-6-7-16(15(19)10-13)20-11-14-5-4-8-25-14/h6-7,9-10,14,20H,3-5,8,11H2,1-2H3,(H,21,24). The van der Waals surface area contributed by atoms with Crippen LogP contribution in [-0.2, 0) is 11.3 Å². The predicted molar refractivity (Wildman–Crippen MR) is 94.5 cm³/mol. The molecule has 1 amide bonds. The van der Waals surface area contributed by atoms with E-state index >= 15 is 0 Å². The number of aryl methyl sites for hydroxylation is 2. The number of hydrogen-bond donors (Lipinski definition) is 2. The van der Waals surface area contributed by atoms with E-state index in [2.05, 4.69) is 15.7 Å². The van der Waals surface area contributed by atoms with Crippen LogP contribution in [0.5, 0.6) is 0 Å². The first-order valence-corrected chi connectivity index (χ1v) is 8.57. The summed E-state index contributed by atoms with van der Waals surface area (Å²) in [6, 6.07) is 6.34. The minimum atomic E-state index is -0.407. The van der Waals surface area contributed by atoms with Crippen molar-refractivity contribution in [2.45, 2.75) is 39.3 Å². The second kappa shape index (κ2) is 7.65. The Hall–Kier alpha value is -2.41. The Morgan fingerprint density at radius 3 is 2.96 bits per heavy atom. The fourth-order valence-electron chi connectivity index (χ4n) is 2.93. The van der Waals surface area contributed by atoms with Crippen molar-refractivity contribution >= 4 is 17.3 Å². The van der Waals surface area contributed by atoms with E-state index in [1.165, 1.54) is 6.07 Å². The highest BCUT2D eigenvalue weighted by Crippen LogP contribution is 2.21. The lowest BCUT2D eigenvalue weighted by atomic mass is 10.2. The van der Waals surface area contributed by atoms with Gasteiger partial charge in [-0.15, -0.1) is 0 Å². The van der Waals surface area contributed by atoms with Crippen LogP contribution in [-0.4, -0.2) is 34.9 Å². The number of rotatable bonds is 6. The molecule has 0 bridgehead atoms. The number of halogens is 1. The molecule has 0 aliphatic carbocycles. The molecule has 0 radical (unpaired) electrons. The summed E-state index contributed by atoms with van der Waals surface area (Å²) in [4.78, 5) is 12.4. The van der Waals surface area contributed by atoms with Crippen LogP contribution >= 0.6 is 0 Å². The number of ether oxygens (including phenoxy) is 1. The fraction of sp³-hybridized carbons (Fsp3) is 0.444. The molecule has 1 atom stereocenters. The molecule has 1 aliphatic rings. The van der Waals surface area contributed by atoms with Gasteiger partial charge in [0.15, 0.2) is 0 Å². The molecule has 7 heteroatoms. The van der Waals surface area contributed by atoms with Crippen LogP contribution in [0.4, 0.5) is 15.8 Å². The number of benzene rings is 1. The topological polar surface area (TPSA) is 68.2 Å². The second-order valence-electron chi connectivity index (χ2n) is 6.15. The maximum Gasteiger partial charge on any atom is 0.273 e. The molecule has 1 fully saturated rings. The van der Waals surface area contributed by atoms with Crippen molar-refractivity contribution in [3.63, 3.8) is 0 Å². The van der Waals surface area contributed by atoms with Gasteiger partial charge in [0, 0.05) is 25.4 Å². The Bertz CT molecular complexity index is 754. The maximum atomic E-state index is 14.3. The van der Waals surface area contributed by atoms with Crippen molar-refractivity contribution in [2.24, 2.45) is 0 Å². The smallest absolute Gasteiger partial charge is 0.273 e.